The summed E-state index contributed by atoms with van der Waals surface area (Å²) in [4.78, 5) is 18.4. The average molecular weight is 329 g/mol. The summed E-state index contributed by atoms with van der Waals surface area (Å²) in [6.45, 7) is 1.04. The Hall–Kier alpha value is -2.60. The zero-order valence-electron chi connectivity index (χ0n) is 12.1. The fourth-order valence-corrected chi connectivity index (χ4v) is 2.73. The Bertz CT molecular complexity index is 873. The molecule has 0 unspecified atom stereocenters. The van der Waals surface area contributed by atoms with Crippen molar-refractivity contribution in [3.8, 4) is 5.75 Å². The van der Waals surface area contributed by atoms with Crippen molar-refractivity contribution in [2.45, 2.75) is 6.10 Å². The van der Waals surface area contributed by atoms with Crippen LogP contribution in [0.25, 0.3) is 5.65 Å². The number of hydrogen-bond acceptors (Lipinski definition) is 4. The van der Waals surface area contributed by atoms with Gasteiger partial charge in [-0.25, -0.2) is 9.50 Å². The van der Waals surface area contributed by atoms with E-state index in [0.717, 1.165) is 0 Å². The molecule has 0 N–H and O–H groups in total. The summed E-state index contributed by atoms with van der Waals surface area (Å²) in [5, 5.41) is 4.71. The molecule has 2 aromatic heterocycles. The van der Waals surface area contributed by atoms with Gasteiger partial charge in [0.05, 0.1) is 24.3 Å². The minimum atomic E-state index is -0.0855. The maximum Gasteiger partial charge on any atom is 0.259 e. The van der Waals surface area contributed by atoms with Gasteiger partial charge in [-0.05, 0) is 18.2 Å². The van der Waals surface area contributed by atoms with Crippen molar-refractivity contribution in [3.05, 3.63) is 59.5 Å². The van der Waals surface area contributed by atoms with Crippen molar-refractivity contribution in [3.63, 3.8) is 0 Å². The van der Waals surface area contributed by atoms with E-state index in [1.807, 2.05) is 18.2 Å². The molecule has 1 amide bonds. The minimum Gasteiger partial charge on any atom is -0.485 e. The molecule has 0 bridgehead atoms. The molecule has 0 aliphatic carbocycles. The van der Waals surface area contributed by atoms with Crippen LogP contribution in [0.4, 0.5) is 0 Å². The topological polar surface area (TPSA) is 59.7 Å². The molecule has 7 heteroatoms. The standard InChI is InChI=1S/C16H13ClN4O2/c17-13-4-1-2-5-14(13)23-11-9-20(10-11)16(22)12-8-19-21-7-3-6-18-15(12)21/h1-8,11H,9-10H2. The number of nitrogens with zero attached hydrogens (tertiary/aromatic N) is 4. The Kier molecular flexibility index (Phi) is 3.38. The lowest BCUT2D eigenvalue weighted by Crippen LogP contribution is -2.56. The van der Waals surface area contributed by atoms with Crippen LogP contribution in [0.3, 0.4) is 0 Å². The molecule has 0 radical (unpaired) electrons. The molecule has 0 spiro atoms. The van der Waals surface area contributed by atoms with Crippen molar-refractivity contribution in [1.29, 1.82) is 0 Å². The van der Waals surface area contributed by atoms with Crippen LogP contribution in [0.15, 0.2) is 48.9 Å². The molecule has 1 aliphatic heterocycles. The first-order valence-electron chi connectivity index (χ1n) is 7.21. The number of aromatic nitrogens is 3. The molecule has 1 aromatic carbocycles. The first-order valence-corrected chi connectivity index (χ1v) is 7.59. The third-order valence-electron chi connectivity index (χ3n) is 3.78. The lowest BCUT2D eigenvalue weighted by molar-refractivity contribution is 0.0179. The molecule has 1 aliphatic rings. The lowest BCUT2D eigenvalue weighted by Gasteiger charge is -2.38. The molecule has 1 saturated heterocycles. The van der Waals surface area contributed by atoms with E-state index < -0.39 is 0 Å². The van der Waals surface area contributed by atoms with E-state index in [0.29, 0.717) is 35.1 Å². The first-order chi connectivity index (χ1) is 11.2. The van der Waals surface area contributed by atoms with Crippen molar-refractivity contribution < 1.29 is 9.53 Å². The summed E-state index contributed by atoms with van der Waals surface area (Å²) in [6, 6.07) is 9.09. The Morgan fingerprint density at radius 1 is 1.26 bits per heavy atom. The fourth-order valence-electron chi connectivity index (χ4n) is 2.55. The number of fused-ring (bicyclic) bond motifs is 1. The van der Waals surface area contributed by atoms with Crippen molar-refractivity contribution in [2.75, 3.05) is 13.1 Å². The highest BCUT2D eigenvalue weighted by molar-refractivity contribution is 6.32. The van der Waals surface area contributed by atoms with Crippen LogP contribution in [0.1, 0.15) is 10.4 Å². The number of carbonyl (C=O) groups is 1. The Labute approximate surface area is 137 Å². The van der Waals surface area contributed by atoms with E-state index >= 15 is 0 Å². The van der Waals surface area contributed by atoms with Crippen LogP contribution in [-0.4, -0.2) is 44.6 Å². The van der Waals surface area contributed by atoms with E-state index in [2.05, 4.69) is 10.1 Å². The third kappa shape index (κ3) is 2.51. The summed E-state index contributed by atoms with van der Waals surface area (Å²) < 4.78 is 7.39. The molecular formula is C16H13ClN4O2. The van der Waals surface area contributed by atoms with Crippen LogP contribution < -0.4 is 4.74 Å². The number of hydrogen-bond donors (Lipinski definition) is 0. The van der Waals surface area contributed by atoms with E-state index in [4.69, 9.17) is 16.3 Å². The second-order valence-corrected chi connectivity index (χ2v) is 5.73. The SMILES string of the molecule is O=C(c1cnn2cccnc12)N1CC(Oc2ccccc2Cl)C1. The normalized spacial score (nSPS) is 14.7. The second-order valence-electron chi connectivity index (χ2n) is 5.33. The number of para-hydroxylation sites is 1. The molecule has 1 fully saturated rings. The predicted octanol–water partition coefficient (Wildman–Crippen LogP) is 2.29. The summed E-state index contributed by atoms with van der Waals surface area (Å²) in [5.74, 6) is 0.557. The predicted molar refractivity (Wildman–Crippen MR) is 84.8 cm³/mol. The van der Waals surface area contributed by atoms with Crippen LogP contribution in [-0.2, 0) is 0 Å². The van der Waals surface area contributed by atoms with Gasteiger partial charge >= 0.3 is 0 Å². The molecule has 3 aromatic rings. The first kappa shape index (κ1) is 14.0. The number of rotatable bonds is 3. The van der Waals surface area contributed by atoms with Gasteiger partial charge in [-0.1, -0.05) is 23.7 Å². The summed E-state index contributed by atoms with van der Waals surface area (Å²) in [5.41, 5.74) is 1.06. The van der Waals surface area contributed by atoms with Gasteiger partial charge in [-0.3, -0.25) is 4.79 Å². The zero-order chi connectivity index (χ0) is 15.8. The van der Waals surface area contributed by atoms with E-state index in [9.17, 15) is 4.79 Å². The molecule has 23 heavy (non-hydrogen) atoms. The van der Waals surface area contributed by atoms with Crippen molar-refractivity contribution in [1.82, 2.24) is 19.5 Å². The van der Waals surface area contributed by atoms with Gasteiger partial charge in [0.25, 0.3) is 5.91 Å². The van der Waals surface area contributed by atoms with Gasteiger partial charge in [0.2, 0.25) is 0 Å². The van der Waals surface area contributed by atoms with Crippen LogP contribution in [0.2, 0.25) is 5.02 Å². The average Bonchev–Trinajstić information content (AvgIpc) is 2.95. The Balaban J connectivity index is 1.44. The van der Waals surface area contributed by atoms with Crippen LogP contribution >= 0.6 is 11.6 Å². The number of carbonyl (C=O) groups excluding carboxylic acids is 1. The zero-order valence-corrected chi connectivity index (χ0v) is 12.8. The Morgan fingerprint density at radius 2 is 2.09 bits per heavy atom. The van der Waals surface area contributed by atoms with Crippen molar-refractivity contribution in [2.24, 2.45) is 0 Å². The van der Waals surface area contributed by atoms with Gasteiger partial charge in [0.15, 0.2) is 5.65 Å². The minimum absolute atomic E-state index is 0.0475. The molecule has 0 atom stereocenters. The number of ether oxygens (including phenoxy) is 1. The number of likely N-dealkylation sites (tertiary alicyclic amines) is 1. The van der Waals surface area contributed by atoms with Gasteiger partial charge in [0.1, 0.15) is 17.4 Å². The number of benzene rings is 1. The fraction of sp³-hybridized carbons (Fsp3) is 0.188. The van der Waals surface area contributed by atoms with Gasteiger partial charge in [-0.2, -0.15) is 5.10 Å². The molecule has 3 heterocycles. The van der Waals surface area contributed by atoms with Crippen molar-refractivity contribution >= 4 is 23.2 Å². The smallest absolute Gasteiger partial charge is 0.259 e. The maximum atomic E-state index is 12.5. The van der Waals surface area contributed by atoms with Crippen LogP contribution in [0.5, 0.6) is 5.75 Å². The number of amides is 1. The lowest BCUT2D eigenvalue weighted by atomic mass is 10.1. The molecule has 116 valence electrons. The highest BCUT2D eigenvalue weighted by atomic mass is 35.5. The van der Waals surface area contributed by atoms with E-state index in [1.165, 1.54) is 0 Å². The third-order valence-corrected chi connectivity index (χ3v) is 4.09. The monoisotopic (exact) mass is 328 g/mol. The molecule has 0 saturated carbocycles. The number of halogens is 1. The summed E-state index contributed by atoms with van der Waals surface area (Å²) in [6.07, 6.45) is 4.91. The largest absolute Gasteiger partial charge is 0.485 e. The second kappa shape index (κ2) is 5.55. The van der Waals surface area contributed by atoms with Gasteiger partial charge in [0, 0.05) is 12.4 Å². The maximum absolute atomic E-state index is 12.5. The van der Waals surface area contributed by atoms with Gasteiger partial charge in [-0.15, -0.1) is 0 Å². The highest BCUT2D eigenvalue weighted by Crippen LogP contribution is 2.27. The van der Waals surface area contributed by atoms with E-state index in [1.54, 1.807) is 40.1 Å². The molecule has 4 rings (SSSR count). The molecular weight excluding hydrogens is 316 g/mol. The highest BCUT2D eigenvalue weighted by Gasteiger charge is 2.34. The quantitative estimate of drug-likeness (QED) is 0.740. The summed E-state index contributed by atoms with van der Waals surface area (Å²) >= 11 is 6.07. The summed E-state index contributed by atoms with van der Waals surface area (Å²) in [7, 11) is 0. The van der Waals surface area contributed by atoms with Crippen LogP contribution in [0, 0.1) is 0 Å². The van der Waals surface area contributed by atoms with E-state index in [-0.39, 0.29) is 12.0 Å². The van der Waals surface area contributed by atoms with Gasteiger partial charge < -0.3 is 9.64 Å². The Morgan fingerprint density at radius 3 is 2.91 bits per heavy atom. The molecule has 6 nitrogen and oxygen atoms in total.